The van der Waals surface area contributed by atoms with Gasteiger partial charge in [0.25, 0.3) is 0 Å². The lowest BCUT2D eigenvalue weighted by atomic mass is 9.96. The van der Waals surface area contributed by atoms with Crippen LogP contribution in [0, 0.1) is 23.7 Å². The number of rotatable bonds is 6. The maximum atomic E-state index is 12.0. The molecule has 0 fully saturated rings. The number of ether oxygens (including phenoxy) is 2. The normalized spacial score (nSPS) is 17.0. The molecule has 2 rings (SSSR count). The van der Waals surface area contributed by atoms with Crippen LogP contribution >= 0.6 is 0 Å². The van der Waals surface area contributed by atoms with E-state index in [1.807, 2.05) is 18.2 Å². The number of hydrogen-bond donors (Lipinski definition) is 1. The highest BCUT2D eigenvalue weighted by molar-refractivity contribution is 5.71. The molecular weight excluding hydrogens is 316 g/mol. The molecule has 1 unspecified atom stereocenters. The Labute approximate surface area is 148 Å². The van der Waals surface area contributed by atoms with Crippen LogP contribution in [0.1, 0.15) is 42.9 Å². The summed E-state index contributed by atoms with van der Waals surface area (Å²) in [5.41, 5.74) is 2.00. The molecule has 1 aromatic carbocycles. The third-order valence-corrected chi connectivity index (χ3v) is 3.72. The largest absolute Gasteiger partial charge is 0.450 e. The van der Waals surface area contributed by atoms with E-state index in [2.05, 4.69) is 23.7 Å². The van der Waals surface area contributed by atoms with Gasteiger partial charge in [-0.25, -0.2) is 4.79 Å². The van der Waals surface area contributed by atoms with Gasteiger partial charge in [0.05, 0.1) is 12.2 Å². The standard InChI is InChI=1S/C21H22O4/c1-24-16-20(23)25-21(19-14-10-9-13-18(19)15-22)17-11-7-5-3-2-4-6-8-12-17/h9-10,12-14,21-22H,2-5,15-16H2,1H3/b17-12+. The monoisotopic (exact) mass is 338 g/mol. The predicted octanol–water partition coefficient (Wildman–Crippen LogP) is 2.92. The second-order valence-electron chi connectivity index (χ2n) is 5.59. The molecule has 1 aliphatic carbocycles. The van der Waals surface area contributed by atoms with Gasteiger partial charge in [0.1, 0.15) is 6.61 Å². The second kappa shape index (κ2) is 10.4. The van der Waals surface area contributed by atoms with Gasteiger partial charge in [0, 0.05) is 31.6 Å². The molecule has 0 aromatic heterocycles. The summed E-state index contributed by atoms with van der Waals surface area (Å²) in [5.74, 6) is 11.8. The first-order valence-corrected chi connectivity index (χ1v) is 8.30. The molecule has 1 aliphatic rings. The lowest BCUT2D eigenvalue weighted by Gasteiger charge is -2.20. The number of esters is 1. The lowest BCUT2D eigenvalue weighted by molar-refractivity contribution is -0.151. The molecule has 0 bridgehead atoms. The molecule has 25 heavy (non-hydrogen) atoms. The molecule has 0 spiro atoms. The van der Waals surface area contributed by atoms with Crippen LogP contribution in [0.5, 0.6) is 0 Å². The highest BCUT2D eigenvalue weighted by Gasteiger charge is 2.23. The quantitative estimate of drug-likeness (QED) is 0.640. The Hall–Kier alpha value is -2.53. The van der Waals surface area contributed by atoms with Crippen LogP contribution in [0.4, 0.5) is 0 Å². The van der Waals surface area contributed by atoms with E-state index in [0.29, 0.717) is 16.7 Å². The van der Waals surface area contributed by atoms with E-state index in [4.69, 9.17) is 9.47 Å². The molecule has 1 N–H and O–H groups in total. The first-order valence-electron chi connectivity index (χ1n) is 8.30. The zero-order chi connectivity index (χ0) is 17.9. The van der Waals surface area contributed by atoms with Crippen molar-refractivity contribution >= 4 is 5.97 Å². The van der Waals surface area contributed by atoms with E-state index in [0.717, 1.165) is 25.7 Å². The zero-order valence-electron chi connectivity index (χ0n) is 14.4. The van der Waals surface area contributed by atoms with Crippen molar-refractivity contribution in [1.82, 2.24) is 0 Å². The van der Waals surface area contributed by atoms with E-state index in [-0.39, 0.29) is 13.2 Å². The molecule has 1 aromatic rings. The van der Waals surface area contributed by atoms with Gasteiger partial charge in [-0.15, -0.1) is 0 Å². The van der Waals surface area contributed by atoms with Crippen LogP contribution < -0.4 is 0 Å². The van der Waals surface area contributed by atoms with Gasteiger partial charge in [0.2, 0.25) is 0 Å². The van der Waals surface area contributed by atoms with Crippen LogP contribution in [0.3, 0.4) is 0 Å². The third-order valence-electron chi connectivity index (χ3n) is 3.72. The van der Waals surface area contributed by atoms with Gasteiger partial charge in [-0.05, 0) is 18.4 Å². The molecule has 0 saturated carbocycles. The van der Waals surface area contributed by atoms with Gasteiger partial charge in [-0.1, -0.05) is 47.9 Å². The van der Waals surface area contributed by atoms with Crippen molar-refractivity contribution < 1.29 is 19.4 Å². The van der Waals surface area contributed by atoms with Gasteiger partial charge >= 0.3 is 5.97 Å². The molecule has 0 heterocycles. The average molecular weight is 338 g/mol. The fraction of sp³-hybridized carbons (Fsp3) is 0.381. The van der Waals surface area contributed by atoms with Gasteiger partial charge in [-0.3, -0.25) is 0 Å². The van der Waals surface area contributed by atoms with Crippen LogP contribution in [0.15, 0.2) is 35.9 Å². The lowest BCUT2D eigenvalue weighted by Crippen LogP contribution is -2.18. The molecule has 0 radical (unpaired) electrons. The Bertz CT molecular complexity index is 740. The maximum absolute atomic E-state index is 12.0. The number of benzene rings is 1. The summed E-state index contributed by atoms with van der Waals surface area (Å²) in [5, 5.41) is 9.64. The van der Waals surface area contributed by atoms with E-state index < -0.39 is 12.1 Å². The number of aliphatic hydroxyl groups excluding tert-OH is 1. The van der Waals surface area contributed by atoms with Gasteiger partial charge in [0.15, 0.2) is 6.10 Å². The number of hydrogen-bond acceptors (Lipinski definition) is 4. The molecule has 4 nitrogen and oxygen atoms in total. The average Bonchev–Trinajstić information content (AvgIpc) is 2.64. The molecule has 0 amide bonds. The van der Waals surface area contributed by atoms with E-state index in [9.17, 15) is 9.90 Å². The number of aliphatic hydroxyl groups is 1. The topological polar surface area (TPSA) is 55.8 Å². The highest BCUT2D eigenvalue weighted by atomic mass is 16.6. The van der Waals surface area contributed by atoms with E-state index in [1.54, 1.807) is 12.1 Å². The Morgan fingerprint density at radius 2 is 2.00 bits per heavy atom. The summed E-state index contributed by atoms with van der Waals surface area (Å²) in [6.07, 6.45) is 4.62. The zero-order valence-corrected chi connectivity index (χ0v) is 14.4. The van der Waals surface area contributed by atoms with Crippen molar-refractivity contribution in [2.45, 2.75) is 38.4 Å². The second-order valence-corrected chi connectivity index (χ2v) is 5.59. The Morgan fingerprint density at radius 1 is 1.24 bits per heavy atom. The Morgan fingerprint density at radius 3 is 2.76 bits per heavy atom. The van der Waals surface area contributed by atoms with E-state index >= 15 is 0 Å². The fourth-order valence-corrected chi connectivity index (χ4v) is 2.48. The Balaban J connectivity index is 2.44. The van der Waals surface area contributed by atoms with Crippen molar-refractivity contribution in [3.05, 3.63) is 47.0 Å². The number of allylic oxidation sites excluding steroid dienone is 1. The van der Waals surface area contributed by atoms with Crippen LogP contribution in [0.25, 0.3) is 0 Å². The van der Waals surface area contributed by atoms with Gasteiger partial charge in [-0.2, -0.15) is 0 Å². The van der Waals surface area contributed by atoms with Crippen molar-refractivity contribution in [2.24, 2.45) is 0 Å². The third kappa shape index (κ3) is 5.80. The molecule has 130 valence electrons. The number of carbonyl (C=O) groups excluding carboxylic acids is 1. The van der Waals surface area contributed by atoms with Crippen LogP contribution in [-0.2, 0) is 20.9 Å². The van der Waals surface area contributed by atoms with Crippen molar-refractivity contribution in [2.75, 3.05) is 13.7 Å². The molecular formula is C21H22O4. The molecule has 0 aliphatic heterocycles. The summed E-state index contributed by atoms with van der Waals surface area (Å²) in [4.78, 5) is 12.0. The smallest absolute Gasteiger partial charge is 0.333 e. The number of carbonyl (C=O) groups is 1. The van der Waals surface area contributed by atoms with Gasteiger partial charge < -0.3 is 14.6 Å². The molecule has 1 atom stereocenters. The SMILES string of the molecule is COCC(=O)OC(/C1=C/C#CCCCCC#C1)c1ccccc1CO. The summed E-state index contributed by atoms with van der Waals surface area (Å²) in [7, 11) is 1.44. The van der Waals surface area contributed by atoms with Crippen molar-refractivity contribution in [3.8, 4) is 23.7 Å². The number of methoxy groups -OCH3 is 1. The predicted molar refractivity (Wildman–Crippen MR) is 95.2 cm³/mol. The highest BCUT2D eigenvalue weighted by Crippen LogP contribution is 2.29. The first kappa shape index (κ1) is 18.8. The summed E-state index contributed by atoms with van der Waals surface area (Å²) in [6, 6.07) is 7.29. The maximum Gasteiger partial charge on any atom is 0.333 e. The summed E-state index contributed by atoms with van der Waals surface area (Å²) >= 11 is 0. The minimum Gasteiger partial charge on any atom is -0.450 e. The van der Waals surface area contributed by atoms with Crippen LogP contribution in [-0.4, -0.2) is 24.8 Å². The molecule has 0 saturated heterocycles. The minimum atomic E-state index is -0.716. The Kier molecular flexibility index (Phi) is 7.79. The van der Waals surface area contributed by atoms with Crippen LogP contribution in [0.2, 0.25) is 0 Å². The minimum absolute atomic E-state index is 0.149. The summed E-state index contributed by atoms with van der Waals surface area (Å²) in [6.45, 7) is -0.301. The first-order chi connectivity index (χ1) is 12.3. The fourth-order valence-electron chi connectivity index (χ4n) is 2.48. The summed E-state index contributed by atoms with van der Waals surface area (Å²) < 4.78 is 10.5. The van der Waals surface area contributed by atoms with Crippen molar-refractivity contribution in [3.63, 3.8) is 0 Å². The molecule has 4 heteroatoms. The van der Waals surface area contributed by atoms with Crippen molar-refractivity contribution in [1.29, 1.82) is 0 Å². The van der Waals surface area contributed by atoms with E-state index in [1.165, 1.54) is 7.11 Å².